The number of benzene rings is 1. The van der Waals surface area contributed by atoms with Gasteiger partial charge in [-0.15, -0.1) is 12.4 Å². The number of carbonyl (C=O) groups is 1. The normalized spacial score (nSPS) is 10.8. The highest BCUT2D eigenvalue weighted by Crippen LogP contribution is 2.21. The molecular weight excluding hydrogens is 339 g/mol. The molecule has 0 saturated heterocycles. The van der Waals surface area contributed by atoms with Crippen molar-refractivity contribution in [2.75, 3.05) is 26.7 Å². The fraction of sp³-hybridized carbons (Fsp3) is 0.417. The molecule has 120 valence electrons. The Kier molecular flexibility index (Phi) is 8.84. The number of likely N-dealkylation sites (N-methyl/N-ethyl adjacent to an activating group) is 1. The van der Waals surface area contributed by atoms with Gasteiger partial charge in [0.25, 0.3) is 0 Å². The van der Waals surface area contributed by atoms with Crippen LogP contribution in [0.15, 0.2) is 23.1 Å². The quantitative estimate of drug-likeness (QED) is 0.570. The molecule has 0 bridgehead atoms. The standard InChI is InChI=1S/C12H17ClN2O4S.ClH/c1-3-14-6-7-15-20(17,18)11-5-4-9(13)8-10(11)12(16)19-2;/h4-5,8,14-15H,3,6-7H2,1-2H3;1H. The first-order valence-corrected chi connectivity index (χ1v) is 7.86. The smallest absolute Gasteiger partial charge is 0.339 e. The molecule has 9 heteroatoms. The Bertz CT molecular complexity index is 579. The molecule has 0 aromatic heterocycles. The third-order valence-electron chi connectivity index (χ3n) is 2.48. The van der Waals surface area contributed by atoms with Gasteiger partial charge in [0.05, 0.1) is 17.6 Å². The molecule has 21 heavy (non-hydrogen) atoms. The zero-order valence-electron chi connectivity index (χ0n) is 11.7. The van der Waals surface area contributed by atoms with E-state index in [9.17, 15) is 13.2 Å². The lowest BCUT2D eigenvalue weighted by atomic mass is 10.2. The van der Waals surface area contributed by atoms with Gasteiger partial charge in [-0.2, -0.15) is 0 Å². The first kappa shape index (κ1) is 20.1. The molecule has 1 aromatic rings. The Hall–Kier alpha value is -0.860. The SMILES string of the molecule is CCNCCNS(=O)(=O)c1ccc(Cl)cc1C(=O)OC.Cl. The minimum atomic E-state index is -3.79. The zero-order chi connectivity index (χ0) is 15.2. The van der Waals surface area contributed by atoms with Crippen molar-refractivity contribution in [3.8, 4) is 0 Å². The predicted molar refractivity (Wildman–Crippen MR) is 83.8 cm³/mol. The van der Waals surface area contributed by atoms with Crippen molar-refractivity contribution in [3.05, 3.63) is 28.8 Å². The van der Waals surface area contributed by atoms with Crippen molar-refractivity contribution < 1.29 is 17.9 Å². The average molecular weight is 357 g/mol. The van der Waals surface area contributed by atoms with Crippen LogP contribution >= 0.6 is 24.0 Å². The van der Waals surface area contributed by atoms with E-state index in [-0.39, 0.29) is 34.4 Å². The van der Waals surface area contributed by atoms with Gasteiger partial charge in [-0.25, -0.2) is 17.9 Å². The summed E-state index contributed by atoms with van der Waals surface area (Å²) in [5, 5.41) is 3.25. The molecule has 0 aliphatic heterocycles. The van der Waals surface area contributed by atoms with Gasteiger partial charge in [0.15, 0.2) is 0 Å². The fourth-order valence-corrected chi connectivity index (χ4v) is 2.91. The predicted octanol–water partition coefficient (Wildman–Crippen LogP) is 1.44. The van der Waals surface area contributed by atoms with E-state index in [0.717, 1.165) is 6.54 Å². The maximum atomic E-state index is 12.2. The molecule has 0 saturated carbocycles. The second kappa shape index (κ2) is 9.22. The van der Waals surface area contributed by atoms with Crippen LogP contribution in [-0.2, 0) is 14.8 Å². The second-order valence-corrected chi connectivity index (χ2v) is 6.06. The number of hydrogen-bond donors (Lipinski definition) is 2. The van der Waals surface area contributed by atoms with E-state index < -0.39 is 16.0 Å². The van der Waals surface area contributed by atoms with E-state index in [4.69, 9.17) is 11.6 Å². The Morgan fingerprint density at radius 2 is 2.00 bits per heavy atom. The number of nitrogens with one attached hydrogen (secondary N) is 2. The van der Waals surface area contributed by atoms with E-state index in [1.54, 1.807) is 0 Å². The molecule has 0 atom stereocenters. The Labute approximate surface area is 135 Å². The van der Waals surface area contributed by atoms with Gasteiger partial charge in [0.2, 0.25) is 10.0 Å². The third-order valence-corrected chi connectivity index (χ3v) is 4.23. The third kappa shape index (κ3) is 5.80. The topological polar surface area (TPSA) is 84.5 Å². The van der Waals surface area contributed by atoms with Crippen molar-refractivity contribution >= 4 is 40.0 Å². The lowest BCUT2D eigenvalue weighted by molar-refractivity contribution is 0.0596. The first-order chi connectivity index (χ1) is 9.42. The maximum absolute atomic E-state index is 12.2. The minimum absolute atomic E-state index is 0. The molecule has 0 amide bonds. The number of ether oxygens (including phenoxy) is 1. The number of rotatable bonds is 7. The number of esters is 1. The van der Waals surface area contributed by atoms with Crippen LogP contribution in [0.25, 0.3) is 0 Å². The highest BCUT2D eigenvalue weighted by atomic mass is 35.5. The highest BCUT2D eigenvalue weighted by molar-refractivity contribution is 7.89. The highest BCUT2D eigenvalue weighted by Gasteiger charge is 2.22. The van der Waals surface area contributed by atoms with Crippen molar-refractivity contribution in [3.63, 3.8) is 0 Å². The molecule has 0 fully saturated rings. The summed E-state index contributed by atoms with van der Waals surface area (Å²) in [6.07, 6.45) is 0. The van der Waals surface area contributed by atoms with Gasteiger partial charge in [0.1, 0.15) is 0 Å². The van der Waals surface area contributed by atoms with Gasteiger partial charge in [0, 0.05) is 18.1 Å². The summed E-state index contributed by atoms with van der Waals surface area (Å²) in [4.78, 5) is 11.5. The number of halogens is 2. The van der Waals surface area contributed by atoms with Gasteiger partial charge in [-0.05, 0) is 24.7 Å². The monoisotopic (exact) mass is 356 g/mol. The molecule has 0 spiro atoms. The molecule has 0 radical (unpaired) electrons. The molecule has 0 aliphatic carbocycles. The lowest BCUT2D eigenvalue weighted by Gasteiger charge is -2.11. The van der Waals surface area contributed by atoms with Crippen LogP contribution in [0.5, 0.6) is 0 Å². The van der Waals surface area contributed by atoms with Gasteiger partial charge < -0.3 is 10.1 Å². The van der Waals surface area contributed by atoms with Gasteiger partial charge in [-0.3, -0.25) is 0 Å². The molecule has 1 aromatic carbocycles. The summed E-state index contributed by atoms with van der Waals surface area (Å²) in [5.41, 5.74) is -0.0871. The molecule has 0 heterocycles. The molecule has 1 rings (SSSR count). The summed E-state index contributed by atoms with van der Waals surface area (Å²) >= 11 is 5.78. The molecule has 2 N–H and O–H groups in total. The molecule has 0 aliphatic rings. The van der Waals surface area contributed by atoms with Crippen molar-refractivity contribution in [2.24, 2.45) is 0 Å². The fourth-order valence-electron chi connectivity index (χ4n) is 1.53. The summed E-state index contributed by atoms with van der Waals surface area (Å²) in [5.74, 6) is -0.750. The Balaban J connectivity index is 0.00000400. The average Bonchev–Trinajstić information content (AvgIpc) is 2.42. The van der Waals surface area contributed by atoms with E-state index in [1.165, 1.54) is 25.3 Å². The van der Waals surface area contributed by atoms with Crippen LogP contribution in [-0.4, -0.2) is 41.1 Å². The van der Waals surface area contributed by atoms with Crippen LogP contribution in [0.2, 0.25) is 5.02 Å². The number of carbonyl (C=O) groups excluding carboxylic acids is 1. The van der Waals surface area contributed by atoms with E-state index >= 15 is 0 Å². The number of sulfonamides is 1. The van der Waals surface area contributed by atoms with Crippen LogP contribution in [0.3, 0.4) is 0 Å². The van der Waals surface area contributed by atoms with E-state index in [0.29, 0.717) is 6.54 Å². The summed E-state index contributed by atoms with van der Waals surface area (Å²) in [6, 6.07) is 3.96. The van der Waals surface area contributed by atoms with Crippen molar-refractivity contribution in [1.82, 2.24) is 10.0 Å². The van der Waals surface area contributed by atoms with Crippen molar-refractivity contribution in [1.29, 1.82) is 0 Å². The first-order valence-electron chi connectivity index (χ1n) is 6.00. The zero-order valence-corrected chi connectivity index (χ0v) is 14.1. The van der Waals surface area contributed by atoms with Crippen LogP contribution in [0.4, 0.5) is 0 Å². The molecular formula is C12H18Cl2N2O4S. The minimum Gasteiger partial charge on any atom is -0.465 e. The summed E-state index contributed by atoms with van der Waals surface area (Å²) in [6.45, 7) is 3.38. The van der Waals surface area contributed by atoms with E-state index in [1.807, 2.05) is 6.92 Å². The number of methoxy groups -OCH3 is 1. The van der Waals surface area contributed by atoms with Gasteiger partial charge in [-0.1, -0.05) is 18.5 Å². The Morgan fingerprint density at radius 1 is 1.33 bits per heavy atom. The molecule has 6 nitrogen and oxygen atoms in total. The van der Waals surface area contributed by atoms with Crippen LogP contribution < -0.4 is 10.0 Å². The van der Waals surface area contributed by atoms with Gasteiger partial charge >= 0.3 is 5.97 Å². The lowest BCUT2D eigenvalue weighted by Crippen LogP contribution is -2.32. The van der Waals surface area contributed by atoms with Crippen LogP contribution in [0.1, 0.15) is 17.3 Å². The van der Waals surface area contributed by atoms with Crippen LogP contribution in [0, 0.1) is 0 Å². The second-order valence-electron chi connectivity index (χ2n) is 3.88. The Morgan fingerprint density at radius 3 is 2.57 bits per heavy atom. The maximum Gasteiger partial charge on any atom is 0.339 e. The summed E-state index contributed by atoms with van der Waals surface area (Å²) < 4.78 is 31.3. The molecule has 0 unspecified atom stereocenters. The van der Waals surface area contributed by atoms with Crippen molar-refractivity contribution in [2.45, 2.75) is 11.8 Å². The van der Waals surface area contributed by atoms with E-state index in [2.05, 4.69) is 14.8 Å². The largest absolute Gasteiger partial charge is 0.465 e. The summed E-state index contributed by atoms with van der Waals surface area (Å²) in [7, 11) is -2.61. The number of hydrogen-bond acceptors (Lipinski definition) is 5.